The fraction of sp³-hybridized carbons (Fsp3) is 0.133. The van der Waals surface area contributed by atoms with E-state index in [0.717, 1.165) is 9.98 Å². The van der Waals surface area contributed by atoms with Crippen LogP contribution in [0.5, 0.6) is 0 Å². The lowest BCUT2D eigenvalue weighted by atomic mass is 10.1. The second-order valence-electron chi connectivity index (χ2n) is 4.14. The maximum Gasteiger partial charge on any atom is 0.429 e. The quantitative estimate of drug-likeness (QED) is 0.877. The Morgan fingerprint density at radius 3 is 2.20 bits per heavy atom. The van der Waals surface area contributed by atoms with Crippen molar-refractivity contribution >= 4 is 23.6 Å². The summed E-state index contributed by atoms with van der Waals surface area (Å²) in [5.41, 5.74) is 7.03. The molecule has 0 heterocycles. The van der Waals surface area contributed by atoms with Crippen LogP contribution in [0.2, 0.25) is 0 Å². The highest BCUT2D eigenvalue weighted by Gasteiger charge is 2.20. The zero-order valence-electron chi connectivity index (χ0n) is 10.8. The van der Waals surface area contributed by atoms with E-state index in [1.807, 2.05) is 36.4 Å². The predicted octanol–water partition coefficient (Wildman–Crippen LogP) is 3.48. The number of halogens is 1. The number of benzene rings is 2. The van der Waals surface area contributed by atoms with Gasteiger partial charge in [-0.1, -0.05) is 48.5 Å². The fourth-order valence-corrected chi connectivity index (χ4v) is 1.90. The lowest BCUT2D eigenvalue weighted by Crippen LogP contribution is -2.27. The van der Waals surface area contributed by atoms with Gasteiger partial charge >= 0.3 is 6.09 Å². The number of ether oxygens (including phenoxy) is 1. The van der Waals surface area contributed by atoms with Gasteiger partial charge in [0.25, 0.3) is 0 Å². The number of carbonyl (C=O) groups excluding carboxylic acids is 1. The second kappa shape index (κ2) is 6.93. The summed E-state index contributed by atoms with van der Waals surface area (Å²) in [5, 5.41) is 0. The Morgan fingerprint density at radius 2 is 1.65 bits per heavy atom. The molecule has 0 aliphatic carbocycles. The summed E-state index contributed by atoms with van der Waals surface area (Å²) in [5.74, 6) is 0. The standard InChI is InChI=1S/C15H15ClN2O2/c16-18(13-9-5-2-6-10-13)15(19)20-14(11-17)12-7-3-1-4-8-12/h1-10,14H,11,17H2. The lowest BCUT2D eigenvalue weighted by molar-refractivity contribution is 0.112. The summed E-state index contributed by atoms with van der Waals surface area (Å²) in [7, 11) is 0. The number of nitrogens with two attached hydrogens (primary N) is 1. The Morgan fingerprint density at radius 1 is 1.10 bits per heavy atom. The van der Waals surface area contributed by atoms with Gasteiger partial charge in [0.1, 0.15) is 6.10 Å². The Labute approximate surface area is 122 Å². The number of rotatable bonds is 4. The highest BCUT2D eigenvalue weighted by Crippen LogP contribution is 2.21. The van der Waals surface area contributed by atoms with Gasteiger partial charge in [-0.25, -0.2) is 4.79 Å². The van der Waals surface area contributed by atoms with Crippen molar-refractivity contribution in [2.45, 2.75) is 6.10 Å². The maximum absolute atomic E-state index is 12.0. The summed E-state index contributed by atoms with van der Waals surface area (Å²) in [6.07, 6.45) is -1.18. The van der Waals surface area contributed by atoms with E-state index in [9.17, 15) is 4.79 Å². The number of nitrogens with zero attached hydrogens (tertiary/aromatic N) is 1. The summed E-state index contributed by atoms with van der Waals surface area (Å²) >= 11 is 5.96. The van der Waals surface area contributed by atoms with Crippen LogP contribution in [-0.2, 0) is 4.74 Å². The number of hydrogen-bond donors (Lipinski definition) is 1. The largest absolute Gasteiger partial charge is 0.439 e. The first kappa shape index (κ1) is 14.4. The van der Waals surface area contributed by atoms with E-state index >= 15 is 0 Å². The second-order valence-corrected chi connectivity index (χ2v) is 4.47. The molecule has 2 N–H and O–H groups in total. The van der Waals surface area contributed by atoms with Crippen molar-refractivity contribution in [1.82, 2.24) is 0 Å². The molecule has 2 aromatic rings. The van der Waals surface area contributed by atoms with Gasteiger partial charge in [0.2, 0.25) is 0 Å². The smallest absolute Gasteiger partial charge is 0.429 e. The summed E-state index contributed by atoms with van der Waals surface area (Å²) in [4.78, 5) is 12.0. The molecule has 2 aromatic carbocycles. The normalized spacial score (nSPS) is 11.7. The van der Waals surface area contributed by atoms with Crippen molar-refractivity contribution in [2.24, 2.45) is 5.73 Å². The predicted molar refractivity (Wildman–Crippen MR) is 79.5 cm³/mol. The molecule has 1 amide bonds. The molecule has 1 unspecified atom stereocenters. The Kier molecular flexibility index (Phi) is 4.98. The van der Waals surface area contributed by atoms with Crippen molar-refractivity contribution in [1.29, 1.82) is 0 Å². The van der Waals surface area contributed by atoms with Crippen molar-refractivity contribution in [3.05, 3.63) is 66.2 Å². The van der Waals surface area contributed by atoms with Crippen LogP contribution in [0.25, 0.3) is 0 Å². The minimum Gasteiger partial charge on any atom is -0.439 e. The molecule has 0 radical (unpaired) electrons. The van der Waals surface area contributed by atoms with Crippen LogP contribution < -0.4 is 10.2 Å². The number of anilines is 1. The van der Waals surface area contributed by atoms with Crippen LogP contribution >= 0.6 is 11.8 Å². The minimum atomic E-state index is -0.655. The van der Waals surface area contributed by atoms with E-state index in [2.05, 4.69) is 0 Å². The van der Waals surface area contributed by atoms with E-state index < -0.39 is 12.2 Å². The number of amides is 1. The van der Waals surface area contributed by atoms with Crippen LogP contribution in [0.3, 0.4) is 0 Å². The van der Waals surface area contributed by atoms with Gasteiger partial charge in [0.05, 0.1) is 5.69 Å². The van der Waals surface area contributed by atoms with Crippen molar-refractivity contribution < 1.29 is 9.53 Å². The van der Waals surface area contributed by atoms with Gasteiger partial charge in [-0.05, 0) is 17.7 Å². The van der Waals surface area contributed by atoms with Crippen molar-refractivity contribution in [3.8, 4) is 0 Å². The summed E-state index contributed by atoms with van der Waals surface area (Å²) < 4.78 is 6.27. The molecular weight excluding hydrogens is 276 g/mol. The molecule has 0 aliphatic heterocycles. The van der Waals surface area contributed by atoms with Crippen molar-refractivity contribution in [2.75, 3.05) is 11.0 Å². The van der Waals surface area contributed by atoms with Crippen molar-refractivity contribution in [3.63, 3.8) is 0 Å². The molecule has 0 aliphatic rings. The first-order valence-electron chi connectivity index (χ1n) is 6.19. The van der Waals surface area contributed by atoms with E-state index in [0.29, 0.717) is 5.69 Å². The highest BCUT2D eigenvalue weighted by atomic mass is 35.5. The average Bonchev–Trinajstić information content (AvgIpc) is 2.53. The molecule has 4 nitrogen and oxygen atoms in total. The number of hydrogen-bond acceptors (Lipinski definition) is 3. The van der Waals surface area contributed by atoms with Gasteiger partial charge in [0.15, 0.2) is 0 Å². The lowest BCUT2D eigenvalue weighted by Gasteiger charge is -2.20. The van der Waals surface area contributed by atoms with E-state index in [1.165, 1.54) is 0 Å². The molecule has 0 fully saturated rings. The molecule has 20 heavy (non-hydrogen) atoms. The van der Waals surface area contributed by atoms with E-state index in [-0.39, 0.29) is 6.54 Å². The first-order chi connectivity index (χ1) is 9.72. The molecule has 0 saturated carbocycles. The zero-order chi connectivity index (χ0) is 14.4. The molecular formula is C15H15ClN2O2. The number of para-hydroxylation sites is 1. The zero-order valence-corrected chi connectivity index (χ0v) is 11.5. The van der Waals surface area contributed by atoms with E-state index in [1.54, 1.807) is 24.3 Å². The topological polar surface area (TPSA) is 55.6 Å². The molecule has 2 rings (SSSR count). The van der Waals surface area contributed by atoms with E-state index in [4.69, 9.17) is 22.2 Å². The van der Waals surface area contributed by atoms with Gasteiger partial charge < -0.3 is 10.5 Å². The number of carbonyl (C=O) groups is 1. The van der Waals surface area contributed by atoms with Crippen LogP contribution in [0.4, 0.5) is 10.5 Å². The van der Waals surface area contributed by atoms with Gasteiger partial charge in [-0.15, -0.1) is 0 Å². The maximum atomic E-state index is 12.0. The summed E-state index contributed by atoms with van der Waals surface area (Å²) in [6, 6.07) is 18.2. The Hall–Kier alpha value is -2.04. The molecule has 0 aromatic heterocycles. The van der Waals surface area contributed by atoms with Crippen LogP contribution in [0.15, 0.2) is 60.7 Å². The van der Waals surface area contributed by atoms with Gasteiger partial charge in [-0.3, -0.25) is 0 Å². The van der Waals surface area contributed by atoms with Crippen LogP contribution in [-0.4, -0.2) is 12.6 Å². The first-order valence-corrected chi connectivity index (χ1v) is 6.52. The average molecular weight is 291 g/mol. The molecule has 1 atom stereocenters. The Balaban J connectivity index is 2.06. The highest BCUT2D eigenvalue weighted by molar-refractivity contribution is 6.35. The third kappa shape index (κ3) is 3.50. The molecule has 0 spiro atoms. The van der Waals surface area contributed by atoms with Crippen LogP contribution in [0.1, 0.15) is 11.7 Å². The fourth-order valence-electron chi connectivity index (χ4n) is 1.75. The molecule has 0 bridgehead atoms. The SMILES string of the molecule is NCC(OC(=O)N(Cl)c1ccccc1)c1ccccc1. The minimum absolute atomic E-state index is 0.190. The third-order valence-electron chi connectivity index (χ3n) is 2.77. The van der Waals surface area contributed by atoms with Gasteiger partial charge in [0, 0.05) is 18.3 Å². The third-order valence-corrected chi connectivity index (χ3v) is 3.10. The molecule has 0 saturated heterocycles. The monoisotopic (exact) mass is 290 g/mol. The van der Waals surface area contributed by atoms with Crippen LogP contribution in [0, 0.1) is 0 Å². The molecule has 5 heteroatoms. The summed E-state index contributed by atoms with van der Waals surface area (Å²) in [6.45, 7) is 0.190. The Bertz CT molecular complexity index is 548. The van der Waals surface area contributed by atoms with Gasteiger partial charge in [-0.2, -0.15) is 4.42 Å². The molecule has 104 valence electrons.